The number of fused-ring (bicyclic) bond motifs is 1. The number of Topliss-reactive ketones (excluding diaryl/α,β-unsaturated/α-hetero) is 1. The Hall–Kier alpha value is -3.12. The normalized spacial score (nSPS) is 14.2. The Bertz CT molecular complexity index is 946. The summed E-state index contributed by atoms with van der Waals surface area (Å²) in [5.74, 6) is 0.0693. The van der Waals surface area contributed by atoms with Crippen molar-refractivity contribution >= 4 is 17.8 Å². The molecule has 1 heterocycles. The Labute approximate surface area is 170 Å². The van der Waals surface area contributed by atoms with E-state index in [2.05, 4.69) is 16.6 Å². The topological polar surface area (TPSA) is 76.1 Å². The van der Waals surface area contributed by atoms with Gasteiger partial charge in [0.05, 0.1) is 23.8 Å². The van der Waals surface area contributed by atoms with E-state index >= 15 is 0 Å². The molecule has 0 bridgehead atoms. The van der Waals surface area contributed by atoms with Gasteiger partial charge in [0.15, 0.2) is 5.76 Å². The number of allylic oxidation sites excluding steroid dienone is 1. The number of unbranched alkanes of at least 4 members (excludes halogenated alkanes) is 1. The van der Waals surface area contributed by atoms with Crippen LogP contribution in [-0.4, -0.2) is 42.5 Å². The van der Waals surface area contributed by atoms with Gasteiger partial charge in [-0.2, -0.15) is 0 Å². The molecule has 152 valence electrons. The van der Waals surface area contributed by atoms with E-state index in [9.17, 15) is 14.7 Å². The fourth-order valence-corrected chi connectivity index (χ4v) is 3.21. The second kappa shape index (κ2) is 8.92. The lowest BCUT2D eigenvalue weighted by atomic mass is 10.0. The molecule has 0 spiro atoms. The van der Waals surface area contributed by atoms with Crippen LogP contribution in [0.4, 0.5) is 0 Å². The molecule has 0 radical (unpaired) electrons. The number of hydrogen-bond donors (Lipinski definition) is 1. The summed E-state index contributed by atoms with van der Waals surface area (Å²) >= 11 is 0. The van der Waals surface area contributed by atoms with Gasteiger partial charge in [-0.25, -0.2) is 4.79 Å². The number of rotatable bonds is 7. The molecule has 0 unspecified atom stereocenters. The summed E-state index contributed by atoms with van der Waals surface area (Å²) in [7, 11) is 3.30. The summed E-state index contributed by atoms with van der Waals surface area (Å²) < 4.78 is 10.6. The third kappa shape index (κ3) is 4.49. The van der Waals surface area contributed by atoms with Crippen molar-refractivity contribution in [3.8, 4) is 11.5 Å². The summed E-state index contributed by atoms with van der Waals surface area (Å²) in [5, 5.41) is 10.3. The van der Waals surface area contributed by atoms with Crippen molar-refractivity contribution in [3.05, 3.63) is 64.4 Å². The van der Waals surface area contributed by atoms with Gasteiger partial charge >= 0.3 is 5.97 Å². The molecule has 3 rings (SSSR count). The van der Waals surface area contributed by atoms with Crippen LogP contribution >= 0.6 is 0 Å². The van der Waals surface area contributed by atoms with Crippen LogP contribution in [0.15, 0.2) is 42.2 Å². The van der Waals surface area contributed by atoms with Gasteiger partial charge in [-0.15, -0.1) is 0 Å². The first-order chi connectivity index (χ1) is 13.9. The number of ether oxygens (including phenoxy) is 2. The van der Waals surface area contributed by atoms with Crippen LogP contribution in [-0.2, 0) is 11.3 Å². The van der Waals surface area contributed by atoms with Crippen molar-refractivity contribution in [2.24, 2.45) is 0 Å². The average molecular weight is 395 g/mol. The third-order valence-corrected chi connectivity index (χ3v) is 4.87. The van der Waals surface area contributed by atoms with E-state index in [0.29, 0.717) is 29.0 Å². The number of carbonyl (C=O) groups excluding carboxylic acids is 2. The number of phenols is 1. The van der Waals surface area contributed by atoms with Crippen LogP contribution in [0.1, 0.15) is 51.6 Å². The number of nitrogens with zero attached hydrogens (tertiary/aromatic N) is 1. The van der Waals surface area contributed by atoms with Crippen LogP contribution in [0.2, 0.25) is 0 Å². The number of hydrogen-bond acceptors (Lipinski definition) is 6. The van der Waals surface area contributed by atoms with Crippen LogP contribution < -0.4 is 4.74 Å². The molecule has 0 saturated carbocycles. The smallest absolute Gasteiger partial charge is 0.337 e. The van der Waals surface area contributed by atoms with Gasteiger partial charge in [-0.1, -0.05) is 25.5 Å². The number of aromatic hydroxyl groups is 1. The number of esters is 1. The molecular weight excluding hydrogens is 370 g/mol. The van der Waals surface area contributed by atoms with E-state index in [1.165, 1.54) is 13.2 Å². The molecular formula is C23H25NO5. The lowest BCUT2D eigenvalue weighted by Crippen LogP contribution is -2.19. The molecule has 2 aromatic rings. The zero-order chi connectivity index (χ0) is 21.0. The SMILES string of the molecule is CCCCN(C)Cc1c(O)ccc2c1O/C(=C\c1ccc(C(=O)OC)cc1)C2=O. The standard InChI is InChI=1S/C23H25NO5/c1-4-5-12-24(2)14-18-19(25)11-10-17-21(26)20(29-22(17)18)13-15-6-8-16(9-7-15)23(27)28-3/h6-11,13,25H,4-5,12,14H2,1-3H3/b20-13-. The molecule has 1 aliphatic rings. The molecule has 2 aromatic carbocycles. The minimum atomic E-state index is -0.419. The van der Waals surface area contributed by atoms with Crippen LogP contribution in [0.25, 0.3) is 6.08 Å². The summed E-state index contributed by atoms with van der Waals surface area (Å²) in [6, 6.07) is 9.82. The molecule has 0 amide bonds. The second-order valence-electron chi connectivity index (χ2n) is 7.08. The quantitative estimate of drug-likeness (QED) is 0.564. The summed E-state index contributed by atoms with van der Waals surface area (Å²) in [6.07, 6.45) is 3.77. The Balaban J connectivity index is 1.85. The van der Waals surface area contributed by atoms with Gasteiger partial charge < -0.3 is 19.5 Å². The molecule has 29 heavy (non-hydrogen) atoms. The first-order valence-corrected chi connectivity index (χ1v) is 9.60. The number of phenolic OH excluding ortho intramolecular Hbond substituents is 1. The maximum Gasteiger partial charge on any atom is 0.337 e. The fraction of sp³-hybridized carbons (Fsp3) is 0.304. The Morgan fingerprint density at radius 2 is 1.93 bits per heavy atom. The van der Waals surface area contributed by atoms with Gasteiger partial charge in [-0.05, 0) is 55.9 Å². The predicted molar refractivity (Wildman–Crippen MR) is 110 cm³/mol. The van der Waals surface area contributed by atoms with E-state index < -0.39 is 5.97 Å². The second-order valence-corrected chi connectivity index (χ2v) is 7.08. The molecule has 0 atom stereocenters. The number of carbonyl (C=O) groups is 2. The largest absolute Gasteiger partial charge is 0.507 e. The van der Waals surface area contributed by atoms with E-state index in [4.69, 9.17) is 4.74 Å². The first kappa shape index (κ1) is 20.6. The number of methoxy groups -OCH3 is 1. The Kier molecular flexibility index (Phi) is 6.34. The fourth-order valence-electron chi connectivity index (χ4n) is 3.21. The number of benzene rings is 2. The van der Waals surface area contributed by atoms with Gasteiger partial charge in [0.25, 0.3) is 0 Å². The van der Waals surface area contributed by atoms with Crippen molar-refractivity contribution in [2.45, 2.75) is 26.3 Å². The molecule has 1 aliphatic heterocycles. The van der Waals surface area contributed by atoms with Crippen molar-refractivity contribution in [2.75, 3.05) is 20.7 Å². The Morgan fingerprint density at radius 1 is 1.21 bits per heavy atom. The highest BCUT2D eigenvalue weighted by Crippen LogP contribution is 2.40. The van der Waals surface area contributed by atoms with Crippen LogP contribution in [0.5, 0.6) is 11.5 Å². The summed E-state index contributed by atoms with van der Waals surface area (Å²) in [6.45, 7) is 3.51. The number of ketones is 1. The van der Waals surface area contributed by atoms with Gasteiger partial charge in [0, 0.05) is 6.54 Å². The first-order valence-electron chi connectivity index (χ1n) is 9.60. The van der Waals surface area contributed by atoms with Gasteiger partial charge in [-0.3, -0.25) is 4.79 Å². The third-order valence-electron chi connectivity index (χ3n) is 4.87. The predicted octanol–water partition coefficient (Wildman–Crippen LogP) is 4.03. The maximum absolute atomic E-state index is 12.8. The highest BCUT2D eigenvalue weighted by molar-refractivity contribution is 6.15. The molecule has 0 aromatic heterocycles. The summed E-state index contributed by atoms with van der Waals surface area (Å²) in [5.41, 5.74) is 2.21. The van der Waals surface area contributed by atoms with Crippen LogP contribution in [0, 0.1) is 0 Å². The van der Waals surface area contributed by atoms with E-state index in [1.54, 1.807) is 36.4 Å². The van der Waals surface area contributed by atoms with Crippen molar-refractivity contribution < 1.29 is 24.2 Å². The zero-order valence-electron chi connectivity index (χ0n) is 16.9. The highest BCUT2D eigenvalue weighted by atomic mass is 16.5. The highest BCUT2D eigenvalue weighted by Gasteiger charge is 2.31. The van der Waals surface area contributed by atoms with Crippen molar-refractivity contribution in [1.82, 2.24) is 4.90 Å². The minimum absolute atomic E-state index is 0.114. The maximum atomic E-state index is 12.8. The van der Waals surface area contributed by atoms with Crippen LogP contribution in [0.3, 0.4) is 0 Å². The lowest BCUT2D eigenvalue weighted by Gasteiger charge is -2.18. The summed E-state index contributed by atoms with van der Waals surface area (Å²) in [4.78, 5) is 26.4. The zero-order valence-corrected chi connectivity index (χ0v) is 16.9. The van der Waals surface area contributed by atoms with E-state index in [-0.39, 0.29) is 17.3 Å². The van der Waals surface area contributed by atoms with Crippen molar-refractivity contribution in [1.29, 1.82) is 0 Å². The molecule has 0 saturated heterocycles. The van der Waals surface area contributed by atoms with E-state index in [1.807, 2.05) is 7.05 Å². The molecule has 6 heteroatoms. The van der Waals surface area contributed by atoms with Gasteiger partial charge in [0.1, 0.15) is 11.5 Å². The molecule has 6 nitrogen and oxygen atoms in total. The monoisotopic (exact) mass is 395 g/mol. The Morgan fingerprint density at radius 3 is 2.59 bits per heavy atom. The lowest BCUT2D eigenvalue weighted by molar-refractivity contribution is 0.0600. The van der Waals surface area contributed by atoms with E-state index in [0.717, 1.165) is 24.9 Å². The minimum Gasteiger partial charge on any atom is -0.507 e. The average Bonchev–Trinajstić information content (AvgIpc) is 3.04. The molecule has 0 aliphatic carbocycles. The van der Waals surface area contributed by atoms with Gasteiger partial charge in [0.2, 0.25) is 5.78 Å². The van der Waals surface area contributed by atoms with Crippen molar-refractivity contribution in [3.63, 3.8) is 0 Å². The molecule has 0 fully saturated rings. The molecule has 1 N–H and O–H groups in total.